The Morgan fingerprint density at radius 1 is 1.38 bits per heavy atom. The molecule has 1 aromatic carbocycles. The third-order valence-corrected chi connectivity index (χ3v) is 6.71. The van der Waals surface area contributed by atoms with Gasteiger partial charge in [-0.1, -0.05) is 6.07 Å². The zero-order valence-corrected chi connectivity index (χ0v) is 14.8. The molecular formula is C19H25NO4. The normalized spacial score (nSPS) is 38.1. The molecule has 1 spiro atoms. The second kappa shape index (κ2) is 4.96. The fourth-order valence-corrected chi connectivity index (χ4v) is 5.26. The molecule has 0 radical (unpaired) electrons. The van der Waals surface area contributed by atoms with Gasteiger partial charge in [0, 0.05) is 18.0 Å². The molecule has 1 N–H and O–H groups in total. The molecule has 0 unspecified atom stereocenters. The van der Waals surface area contributed by atoms with Gasteiger partial charge in [-0.25, -0.2) is 0 Å². The molecule has 2 fully saturated rings. The summed E-state index contributed by atoms with van der Waals surface area (Å²) in [7, 11) is 3.65. The van der Waals surface area contributed by atoms with Crippen molar-refractivity contribution >= 4 is 5.78 Å². The number of hydrogen-bond donors (Lipinski definition) is 1. The van der Waals surface area contributed by atoms with Gasteiger partial charge in [0.05, 0.1) is 18.1 Å². The third-order valence-electron chi connectivity index (χ3n) is 6.71. The van der Waals surface area contributed by atoms with Crippen molar-refractivity contribution in [3.63, 3.8) is 0 Å². The van der Waals surface area contributed by atoms with Crippen LogP contribution in [0.3, 0.4) is 0 Å². The highest BCUT2D eigenvalue weighted by Crippen LogP contribution is 2.61. The Bertz CT molecular complexity index is 718. The van der Waals surface area contributed by atoms with E-state index in [-0.39, 0.29) is 11.8 Å². The van der Waals surface area contributed by atoms with Crippen molar-refractivity contribution in [2.75, 3.05) is 20.7 Å². The van der Waals surface area contributed by atoms with Crippen LogP contribution < -0.4 is 9.47 Å². The van der Waals surface area contributed by atoms with E-state index in [4.69, 9.17) is 9.47 Å². The molecule has 1 aliphatic carbocycles. The average molecular weight is 331 g/mol. The van der Waals surface area contributed by atoms with Gasteiger partial charge in [0.15, 0.2) is 23.4 Å². The summed E-state index contributed by atoms with van der Waals surface area (Å²) in [5, 5.41) is 11.8. The molecule has 1 saturated carbocycles. The van der Waals surface area contributed by atoms with Crippen LogP contribution in [0.25, 0.3) is 0 Å². The maximum absolute atomic E-state index is 12.7. The first kappa shape index (κ1) is 15.9. The molecule has 130 valence electrons. The first-order valence-corrected chi connectivity index (χ1v) is 8.67. The molecule has 1 saturated heterocycles. The standard InChI is InChI=1S/C19H25NO4/c1-11-5-6-14(23-4)16-15(11)18-9-10-20(3)12(2)19(18,22)8-7-13(21)17(18)24-16/h5-6,12,17,22H,7-10H2,1-4H3/t12-,17+,18+,19-/m1/s1. The molecule has 24 heavy (non-hydrogen) atoms. The Balaban J connectivity index is 2.02. The van der Waals surface area contributed by atoms with Crippen molar-refractivity contribution in [1.82, 2.24) is 4.90 Å². The molecule has 4 atom stereocenters. The summed E-state index contributed by atoms with van der Waals surface area (Å²) in [6.45, 7) is 4.91. The molecule has 5 heteroatoms. The lowest BCUT2D eigenvalue weighted by Crippen LogP contribution is -2.73. The zero-order valence-electron chi connectivity index (χ0n) is 14.8. The van der Waals surface area contributed by atoms with E-state index < -0.39 is 17.1 Å². The number of hydrogen-bond acceptors (Lipinski definition) is 5. The Kier molecular flexibility index (Phi) is 3.29. The van der Waals surface area contributed by atoms with E-state index in [0.29, 0.717) is 30.8 Å². The van der Waals surface area contributed by atoms with Crippen molar-refractivity contribution in [2.45, 2.75) is 56.3 Å². The number of fused-ring (bicyclic) bond motifs is 1. The number of ether oxygens (including phenoxy) is 2. The predicted molar refractivity (Wildman–Crippen MR) is 89.7 cm³/mol. The highest BCUT2D eigenvalue weighted by Gasteiger charge is 2.70. The van der Waals surface area contributed by atoms with Crippen molar-refractivity contribution in [1.29, 1.82) is 0 Å². The Morgan fingerprint density at radius 2 is 2.12 bits per heavy atom. The van der Waals surface area contributed by atoms with Crippen molar-refractivity contribution in [3.05, 3.63) is 23.3 Å². The zero-order chi connectivity index (χ0) is 17.3. The second-order valence-electron chi connectivity index (χ2n) is 7.56. The van der Waals surface area contributed by atoms with Gasteiger partial charge < -0.3 is 19.5 Å². The molecule has 0 amide bonds. The summed E-state index contributed by atoms with van der Waals surface area (Å²) in [5.41, 5.74) is 0.365. The number of piperidine rings is 1. The van der Waals surface area contributed by atoms with Crippen LogP contribution in [0, 0.1) is 6.92 Å². The van der Waals surface area contributed by atoms with Crippen LogP contribution in [-0.4, -0.2) is 54.2 Å². The first-order chi connectivity index (χ1) is 11.4. The van der Waals surface area contributed by atoms with Crippen LogP contribution in [0.15, 0.2) is 12.1 Å². The van der Waals surface area contributed by atoms with Crippen LogP contribution in [0.5, 0.6) is 11.5 Å². The van der Waals surface area contributed by atoms with E-state index in [9.17, 15) is 9.90 Å². The molecule has 2 aliphatic heterocycles. The lowest BCUT2D eigenvalue weighted by molar-refractivity contribution is -0.178. The number of rotatable bonds is 1. The van der Waals surface area contributed by atoms with Gasteiger partial charge in [-0.3, -0.25) is 4.79 Å². The highest BCUT2D eigenvalue weighted by molar-refractivity contribution is 5.89. The minimum atomic E-state index is -0.985. The Morgan fingerprint density at radius 3 is 2.83 bits per heavy atom. The third kappa shape index (κ3) is 1.64. The maximum Gasteiger partial charge on any atom is 0.174 e. The van der Waals surface area contributed by atoms with Gasteiger partial charge in [-0.15, -0.1) is 0 Å². The number of aliphatic hydroxyl groups is 1. The number of aryl methyl sites for hydroxylation is 1. The van der Waals surface area contributed by atoms with Gasteiger partial charge in [-0.05, 0) is 51.9 Å². The van der Waals surface area contributed by atoms with Crippen LogP contribution in [0.1, 0.15) is 37.3 Å². The number of benzene rings is 1. The largest absolute Gasteiger partial charge is 0.493 e. The summed E-state index contributed by atoms with van der Waals surface area (Å²) < 4.78 is 11.7. The summed E-state index contributed by atoms with van der Waals surface area (Å²) in [5.74, 6) is 1.38. The van der Waals surface area contributed by atoms with Crippen molar-refractivity contribution in [3.8, 4) is 11.5 Å². The molecule has 3 aliphatic rings. The van der Waals surface area contributed by atoms with E-state index in [1.165, 1.54) is 0 Å². The van der Waals surface area contributed by atoms with E-state index in [2.05, 4.69) is 11.8 Å². The maximum atomic E-state index is 12.7. The fourth-order valence-electron chi connectivity index (χ4n) is 5.26. The quantitative estimate of drug-likeness (QED) is 0.851. The topological polar surface area (TPSA) is 59.0 Å². The smallest absolute Gasteiger partial charge is 0.174 e. The first-order valence-electron chi connectivity index (χ1n) is 8.67. The predicted octanol–water partition coefficient (Wildman–Crippen LogP) is 1.82. The number of methoxy groups -OCH3 is 1. The molecule has 5 nitrogen and oxygen atoms in total. The molecule has 2 heterocycles. The van der Waals surface area contributed by atoms with E-state index in [0.717, 1.165) is 17.7 Å². The molecule has 1 aromatic rings. The minimum absolute atomic E-state index is 0.0398. The van der Waals surface area contributed by atoms with E-state index >= 15 is 0 Å². The second-order valence-corrected chi connectivity index (χ2v) is 7.56. The van der Waals surface area contributed by atoms with E-state index in [1.807, 2.05) is 26.1 Å². The number of likely N-dealkylation sites (tertiary alicyclic amines) is 1. The van der Waals surface area contributed by atoms with Crippen molar-refractivity contribution < 1.29 is 19.4 Å². The van der Waals surface area contributed by atoms with Crippen LogP contribution in [-0.2, 0) is 10.2 Å². The number of ketones is 1. The lowest BCUT2D eigenvalue weighted by Gasteiger charge is -2.58. The Hall–Kier alpha value is -1.59. The number of carbonyl (C=O) groups excluding carboxylic acids is 1. The number of likely N-dealkylation sites (N-methyl/N-ethyl adjacent to an activating group) is 1. The van der Waals surface area contributed by atoms with E-state index in [1.54, 1.807) is 7.11 Å². The molecule has 4 rings (SSSR count). The monoisotopic (exact) mass is 331 g/mol. The van der Waals surface area contributed by atoms with Gasteiger partial charge >= 0.3 is 0 Å². The summed E-state index contributed by atoms with van der Waals surface area (Å²) in [6, 6.07) is 3.84. The number of Topliss-reactive ketones (excluding diaryl/α,β-unsaturated/α-hetero) is 1. The average Bonchev–Trinajstić information content (AvgIpc) is 2.93. The highest BCUT2D eigenvalue weighted by atomic mass is 16.5. The van der Waals surface area contributed by atoms with Gasteiger partial charge in [-0.2, -0.15) is 0 Å². The minimum Gasteiger partial charge on any atom is -0.493 e. The number of carbonyl (C=O) groups is 1. The van der Waals surface area contributed by atoms with Gasteiger partial charge in [0.2, 0.25) is 0 Å². The molecular weight excluding hydrogens is 306 g/mol. The fraction of sp³-hybridized carbons (Fsp3) is 0.632. The molecule has 0 bridgehead atoms. The van der Waals surface area contributed by atoms with Crippen LogP contribution in [0.4, 0.5) is 0 Å². The summed E-state index contributed by atoms with van der Waals surface area (Å²) >= 11 is 0. The summed E-state index contributed by atoms with van der Waals surface area (Å²) in [6.07, 6.45) is 0.934. The van der Waals surface area contributed by atoms with Crippen molar-refractivity contribution in [2.24, 2.45) is 0 Å². The lowest BCUT2D eigenvalue weighted by atomic mass is 9.52. The van der Waals surface area contributed by atoms with Gasteiger partial charge in [0.25, 0.3) is 0 Å². The van der Waals surface area contributed by atoms with Crippen LogP contribution in [0.2, 0.25) is 0 Å². The molecule has 0 aromatic heterocycles. The SMILES string of the molecule is COc1ccc(C)c2c1O[C@H]1C(=O)CC[C@@]3(O)[C@@H](C)N(C)CC[C@]213. The van der Waals surface area contributed by atoms with Crippen LogP contribution >= 0.6 is 0 Å². The summed E-state index contributed by atoms with van der Waals surface area (Å²) in [4.78, 5) is 14.9. The number of nitrogens with zero attached hydrogens (tertiary/aromatic N) is 1. The van der Waals surface area contributed by atoms with Gasteiger partial charge in [0.1, 0.15) is 0 Å². The Labute approximate surface area is 142 Å².